The Labute approximate surface area is 138 Å². The Morgan fingerprint density at radius 1 is 1.08 bits per heavy atom. The normalized spacial score (nSPS) is 10.4. The van der Waals surface area contributed by atoms with Crippen molar-refractivity contribution in [1.29, 1.82) is 0 Å². The molecule has 0 saturated carbocycles. The van der Waals surface area contributed by atoms with Gasteiger partial charge < -0.3 is 10.5 Å². The minimum Gasteiger partial charge on any atom is -0.412 e. The molecule has 0 bridgehead atoms. The molecule has 1 heterocycles. The molecule has 2 aromatic carbocycles. The van der Waals surface area contributed by atoms with E-state index in [0.29, 0.717) is 5.39 Å². The Bertz CT molecular complexity index is 932. The zero-order chi connectivity index (χ0) is 17.0. The first-order valence-corrected chi connectivity index (χ1v) is 7.97. The van der Waals surface area contributed by atoms with E-state index < -0.39 is 10.1 Å². The van der Waals surface area contributed by atoms with Gasteiger partial charge in [0.1, 0.15) is 0 Å². The molecule has 0 amide bonds. The second-order valence-corrected chi connectivity index (χ2v) is 6.18. The third-order valence-electron chi connectivity index (χ3n) is 3.09. The third kappa shape index (κ3) is 4.62. The van der Waals surface area contributed by atoms with Crippen molar-refractivity contribution in [3.63, 3.8) is 0 Å². The van der Waals surface area contributed by atoms with Crippen molar-refractivity contribution >= 4 is 26.7 Å². The Kier molecular flexibility index (Phi) is 6.18. The number of nitro groups is 1. The smallest absolute Gasteiger partial charge is 0.294 e. The second kappa shape index (κ2) is 7.68. The number of nitrogens with zero attached hydrogens (tertiary/aromatic N) is 1. The number of non-ortho nitro benzene ring substituents is 1. The molecule has 24 heavy (non-hydrogen) atoms. The van der Waals surface area contributed by atoms with Crippen molar-refractivity contribution in [2.45, 2.75) is 11.8 Å². The number of aromatic amines is 1. The molecular formula is C15H16N2O6S. The summed E-state index contributed by atoms with van der Waals surface area (Å²) in [5.41, 5.74) is 1.90. The lowest BCUT2D eigenvalue weighted by atomic mass is 10.2. The molecule has 0 aliphatic heterocycles. The van der Waals surface area contributed by atoms with E-state index in [2.05, 4.69) is 4.98 Å². The maximum atomic E-state index is 10.5. The molecule has 3 aromatic rings. The Hall–Kier alpha value is -2.75. The summed E-state index contributed by atoms with van der Waals surface area (Å²) in [4.78, 5) is 13.0. The summed E-state index contributed by atoms with van der Waals surface area (Å²) in [6.07, 6.45) is 1.69. The van der Waals surface area contributed by atoms with Gasteiger partial charge in [0.25, 0.3) is 15.8 Å². The van der Waals surface area contributed by atoms with Crippen LogP contribution in [0.2, 0.25) is 0 Å². The number of nitro benzene ring substituents is 1. The van der Waals surface area contributed by atoms with Crippen molar-refractivity contribution < 1.29 is 23.4 Å². The highest BCUT2D eigenvalue weighted by Gasteiger charge is 2.10. The number of benzene rings is 2. The zero-order valence-electron chi connectivity index (χ0n) is 12.6. The van der Waals surface area contributed by atoms with Crippen LogP contribution in [0.1, 0.15) is 5.56 Å². The first-order chi connectivity index (χ1) is 10.8. The highest BCUT2D eigenvalue weighted by molar-refractivity contribution is 7.85. The van der Waals surface area contributed by atoms with E-state index in [0.717, 1.165) is 11.1 Å². The molecule has 0 saturated heterocycles. The van der Waals surface area contributed by atoms with Crippen LogP contribution < -0.4 is 0 Å². The van der Waals surface area contributed by atoms with Gasteiger partial charge in [0.15, 0.2) is 0 Å². The molecule has 0 fully saturated rings. The van der Waals surface area contributed by atoms with Crippen LogP contribution in [0.3, 0.4) is 0 Å². The Morgan fingerprint density at radius 2 is 1.71 bits per heavy atom. The van der Waals surface area contributed by atoms with Crippen LogP contribution >= 0.6 is 0 Å². The van der Waals surface area contributed by atoms with Crippen LogP contribution in [0.25, 0.3) is 10.9 Å². The van der Waals surface area contributed by atoms with Crippen molar-refractivity contribution in [3.05, 3.63) is 70.4 Å². The molecule has 1 aromatic heterocycles. The van der Waals surface area contributed by atoms with Gasteiger partial charge in [0, 0.05) is 12.3 Å². The number of nitrogens with one attached hydrogen (secondary N) is 1. The fourth-order valence-electron chi connectivity index (χ4n) is 1.94. The van der Waals surface area contributed by atoms with Gasteiger partial charge in [-0.25, -0.2) is 0 Å². The van der Waals surface area contributed by atoms with Gasteiger partial charge in [-0.15, -0.1) is 0 Å². The number of rotatable bonds is 2. The number of aromatic nitrogens is 1. The van der Waals surface area contributed by atoms with Gasteiger partial charge in [-0.05, 0) is 31.2 Å². The van der Waals surface area contributed by atoms with Crippen molar-refractivity contribution in [1.82, 2.24) is 4.98 Å². The quantitative estimate of drug-likeness (QED) is 0.413. The first-order valence-electron chi connectivity index (χ1n) is 6.53. The summed E-state index contributed by atoms with van der Waals surface area (Å²) in [5, 5.41) is 11.2. The highest BCUT2D eigenvalue weighted by Crippen LogP contribution is 2.23. The van der Waals surface area contributed by atoms with Crippen LogP contribution in [0.15, 0.2) is 59.6 Å². The van der Waals surface area contributed by atoms with Gasteiger partial charge in [-0.2, -0.15) is 8.42 Å². The van der Waals surface area contributed by atoms with Crippen LogP contribution in [0, 0.1) is 17.0 Å². The van der Waals surface area contributed by atoms with Gasteiger partial charge in [0.2, 0.25) is 0 Å². The average molecular weight is 352 g/mol. The number of fused-ring (bicyclic) bond motifs is 1. The minimum absolute atomic E-state index is 0. The molecular weight excluding hydrogens is 336 g/mol. The summed E-state index contributed by atoms with van der Waals surface area (Å²) in [6.45, 7) is 1.84. The first kappa shape index (κ1) is 19.3. The van der Waals surface area contributed by atoms with Crippen LogP contribution in [-0.2, 0) is 10.1 Å². The number of hydrogen-bond donors (Lipinski definition) is 2. The molecule has 0 radical (unpaired) electrons. The van der Waals surface area contributed by atoms with E-state index in [1.807, 2.05) is 13.0 Å². The van der Waals surface area contributed by atoms with Gasteiger partial charge in [0.05, 0.1) is 20.7 Å². The zero-order valence-corrected chi connectivity index (χ0v) is 13.4. The van der Waals surface area contributed by atoms with Crippen LogP contribution in [0.5, 0.6) is 0 Å². The van der Waals surface area contributed by atoms with Crippen molar-refractivity contribution in [2.75, 3.05) is 0 Å². The molecule has 0 aliphatic carbocycles. The van der Waals surface area contributed by atoms with Crippen molar-refractivity contribution in [2.24, 2.45) is 0 Å². The van der Waals surface area contributed by atoms with Gasteiger partial charge >= 0.3 is 0 Å². The minimum atomic E-state index is -4.02. The predicted molar refractivity (Wildman–Crippen MR) is 89.6 cm³/mol. The van der Waals surface area contributed by atoms with E-state index in [1.165, 1.54) is 18.2 Å². The van der Waals surface area contributed by atoms with Gasteiger partial charge in [-0.3, -0.25) is 14.7 Å². The molecule has 4 N–H and O–H groups in total. The van der Waals surface area contributed by atoms with Crippen LogP contribution in [-0.4, -0.2) is 28.4 Å². The monoisotopic (exact) mass is 352 g/mol. The predicted octanol–water partition coefficient (Wildman–Crippen LogP) is 2.49. The summed E-state index contributed by atoms with van der Waals surface area (Å²) in [6, 6.07) is 12.7. The fourth-order valence-corrected chi connectivity index (χ4v) is 2.42. The Morgan fingerprint density at radius 3 is 2.25 bits per heavy atom. The van der Waals surface area contributed by atoms with E-state index in [1.54, 1.807) is 30.5 Å². The lowest BCUT2D eigenvalue weighted by Crippen LogP contribution is -1.96. The molecule has 0 aliphatic rings. The average Bonchev–Trinajstić information content (AvgIpc) is 2.95. The number of H-pyrrole nitrogens is 1. The molecule has 0 spiro atoms. The van der Waals surface area contributed by atoms with E-state index in [4.69, 9.17) is 4.55 Å². The lowest BCUT2D eigenvalue weighted by Gasteiger charge is -1.95. The van der Waals surface area contributed by atoms with E-state index in [-0.39, 0.29) is 21.0 Å². The summed E-state index contributed by atoms with van der Waals surface area (Å²) < 4.78 is 29.6. The summed E-state index contributed by atoms with van der Waals surface area (Å²) in [5.74, 6) is 0. The molecule has 3 rings (SSSR count). The number of aryl methyl sites for hydroxylation is 1. The number of hydrogen-bond acceptors (Lipinski definition) is 4. The molecule has 0 atom stereocenters. The lowest BCUT2D eigenvalue weighted by molar-refractivity contribution is -0.383. The molecule has 128 valence electrons. The topological polar surface area (TPSA) is 145 Å². The van der Waals surface area contributed by atoms with E-state index in [9.17, 15) is 18.5 Å². The molecule has 8 nitrogen and oxygen atoms in total. The second-order valence-electron chi connectivity index (χ2n) is 4.76. The maximum absolute atomic E-state index is 10.5. The largest absolute Gasteiger partial charge is 0.412 e. The molecule has 9 heteroatoms. The summed E-state index contributed by atoms with van der Waals surface area (Å²) in [7, 11) is -4.02. The Balaban J connectivity index is 0.000000232. The highest BCUT2D eigenvalue weighted by atomic mass is 32.2. The SMILES string of the molecule is Cc1ccc(S(=O)(=O)O)cc1.O.O=[N+]([O-])c1cccc2[nH]ccc12. The molecule has 0 unspecified atom stereocenters. The summed E-state index contributed by atoms with van der Waals surface area (Å²) >= 11 is 0. The van der Waals surface area contributed by atoms with Crippen molar-refractivity contribution in [3.8, 4) is 0 Å². The standard InChI is InChI=1S/C8H6N2O2.C7H8O3S.H2O/c11-10(12)8-3-1-2-7-6(8)4-5-9-7;1-6-2-4-7(5-3-6)11(8,9)10;/h1-5,9H;2-5H,1H3,(H,8,9,10);1H2. The van der Waals surface area contributed by atoms with E-state index >= 15 is 0 Å². The fraction of sp³-hybridized carbons (Fsp3) is 0.0667. The van der Waals surface area contributed by atoms with Gasteiger partial charge in [-0.1, -0.05) is 23.8 Å². The van der Waals surface area contributed by atoms with Crippen LogP contribution in [0.4, 0.5) is 5.69 Å². The third-order valence-corrected chi connectivity index (χ3v) is 3.96. The maximum Gasteiger partial charge on any atom is 0.294 e.